The zero-order chi connectivity index (χ0) is 26.7. The van der Waals surface area contributed by atoms with Crippen molar-refractivity contribution < 1.29 is 32.6 Å². The Morgan fingerprint density at radius 3 is 2.20 bits per heavy atom. The third kappa shape index (κ3) is 8.16. The molecule has 3 amide bonds. The number of hydrogen-bond donors (Lipinski definition) is 1. The fourth-order valence-electron chi connectivity index (χ4n) is 2.71. The molecule has 1 N–H and O–H groups in total. The summed E-state index contributed by atoms with van der Waals surface area (Å²) in [4.78, 5) is 42.6. The third-order valence-corrected chi connectivity index (χ3v) is 5.25. The van der Waals surface area contributed by atoms with Gasteiger partial charge in [0, 0.05) is 18.7 Å². The van der Waals surface area contributed by atoms with Crippen molar-refractivity contribution in [3.05, 3.63) is 46.0 Å². The molecule has 0 aliphatic carbocycles. The van der Waals surface area contributed by atoms with E-state index in [1.807, 2.05) is 0 Å². The number of hydrogen-bond acceptors (Lipinski definition) is 7. The van der Waals surface area contributed by atoms with Gasteiger partial charge in [0.05, 0.1) is 12.2 Å². The molecule has 1 heterocycles. The number of carbonyl (C=O) groups excluding carboxylic acids is 3. The first-order valence-corrected chi connectivity index (χ1v) is 11.5. The Kier molecular flexibility index (Phi) is 8.43. The number of rotatable bonds is 4. The molecule has 0 fully saturated rings. The molecule has 35 heavy (non-hydrogen) atoms. The Labute approximate surface area is 207 Å². The normalized spacial score (nSPS) is 11.6. The highest BCUT2D eigenvalue weighted by atomic mass is 32.1. The third-order valence-electron chi connectivity index (χ3n) is 4.19. The molecule has 2 aromatic rings. The van der Waals surface area contributed by atoms with E-state index >= 15 is 0 Å². The summed E-state index contributed by atoms with van der Waals surface area (Å²) in [7, 11) is 1.30. The molecule has 0 radical (unpaired) electrons. The van der Waals surface area contributed by atoms with Gasteiger partial charge in [0.2, 0.25) is 0 Å². The first-order chi connectivity index (χ1) is 16.0. The van der Waals surface area contributed by atoms with Crippen LogP contribution >= 0.6 is 11.3 Å². The highest BCUT2D eigenvalue weighted by Gasteiger charge is 2.31. The Balaban J connectivity index is 2.38. The molecule has 0 atom stereocenters. The van der Waals surface area contributed by atoms with Gasteiger partial charge in [0.25, 0.3) is 5.91 Å². The number of ether oxygens (including phenoxy) is 2. The number of thiazole rings is 1. The lowest BCUT2D eigenvalue weighted by molar-refractivity contribution is -0.0311. The summed E-state index contributed by atoms with van der Waals surface area (Å²) in [6.45, 7) is 11.2. The van der Waals surface area contributed by atoms with Crippen LogP contribution in [0.3, 0.4) is 0 Å². The standard InChI is InChI=1S/C23H30F2N4O5S/c1-13-17(35-19(26-13)27-20(31)33-22(2,3)4)18(30)29(28(8)21(32)34-23(5,6)7)12-14-9-10-15(24)11-16(14)25/h9-11H,12H2,1-8H3,(H,26,27,31). The fourth-order valence-corrected chi connectivity index (χ4v) is 3.60. The van der Waals surface area contributed by atoms with E-state index < -0.39 is 47.5 Å². The van der Waals surface area contributed by atoms with Crippen molar-refractivity contribution in [1.82, 2.24) is 15.0 Å². The predicted molar refractivity (Wildman–Crippen MR) is 127 cm³/mol. The van der Waals surface area contributed by atoms with E-state index in [4.69, 9.17) is 9.47 Å². The number of nitrogens with one attached hydrogen (secondary N) is 1. The van der Waals surface area contributed by atoms with Crippen LogP contribution in [0.2, 0.25) is 0 Å². The molecule has 0 bridgehead atoms. The number of benzene rings is 1. The van der Waals surface area contributed by atoms with E-state index in [2.05, 4.69) is 10.3 Å². The number of amides is 3. The molecule has 0 saturated carbocycles. The minimum absolute atomic E-state index is 0.0237. The van der Waals surface area contributed by atoms with Crippen LogP contribution in [0, 0.1) is 18.6 Å². The number of anilines is 1. The monoisotopic (exact) mass is 512 g/mol. The maximum atomic E-state index is 14.4. The van der Waals surface area contributed by atoms with E-state index in [0.717, 1.165) is 27.4 Å². The van der Waals surface area contributed by atoms with Gasteiger partial charge >= 0.3 is 12.2 Å². The van der Waals surface area contributed by atoms with Gasteiger partial charge in [-0.15, -0.1) is 0 Å². The lowest BCUT2D eigenvalue weighted by Gasteiger charge is -2.33. The number of halogens is 2. The minimum atomic E-state index is -0.881. The smallest absolute Gasteiger partial charge is 0.429 e. The van der Waals surface area contributed by atoms with Crippen molar-refractivity contribution in [3.8, 4) is 0 Å². The van der Waals surface area contributed by atoms with Gasteiger partial charge in [-0.05, 0) is 54.5 Å². The second-order valence-electron chi connectivity index (χ2n) is 9.66. The lowest BCUT2D eigenvalue weighted by atomic mass is 10.2. The van der Waals surface area contributed by atoms with Crippen molar-refractivity contribution in [1.29, 1.82) is 0 Å². The molecule has 192 valence electrons. The van der Waals surface area contributed by atoms with Gasteiger partial charge in [-0.3, -0.25) is 10.1 Å². The Morgan fingerprint density at radius 1 is 1.06 bits per heavy atom. The van der Waals surface area contributed by atoms with Crippen LogP contribution in [0.4, 0.5) is 23.5 Å². The summed E-state index contributed by atoms with van der Waals surface area (Å²) in [5.41, 5.74) is -1.34. The SMILES string of the molecule is Cc1nc(NC(=O)OC(C)(C)C)sc1C(=O)N(Cc1ccc(F)cc1F)N(C)C(=O)OC(C)(C)C. The van der Waals surface area contributed by atoms with Gasteiger partial charge < -0.3 is 9.47 Å². The van der Waals surface area contributed by atoms with Gasteiger partial charge in [-0.25, -0.2) is 33.4 Å². The highest BCUT2D eigenvalue weighted by molar-refractivity contribution is 7.17. The number of hydrazine groups is 1. The van der Waals surface area contributed by atoms with E-state index in [9.17, 15) is 23.2 Å². The molecule has 0 saturated heterocycles. The molecule has 12 heteroatoms. The molecule has 9 nitrogen and oxygen atoms in total. The molecule has 1 aromatic heterocycles. The van der Waals surface area contributed by atoms with Gasteiger partial charge in [-0.2, -0.15) is 0 Å². The second kappa shape index (κ2) is 10.5. The molecular weight excluding hydrogens is 482 g/mol. The van der Waals surface area contributed by atoms with Crippen molar-refractivity contribution in [2.24, 2.45) is 0 Å². The van der Waals surface area contributed by atoms with Crippen LogP contribution in [0.15, 0.2) is 18.2 Å². The zero-order valence-corrected chi connectivity index (χ0v) is 21.8. The first-order valence-electron chi connectivity index (χ1n) is 10.7. The topological polar surface area (TPSA) is 101 Å². The van der Waals surface area contributed by atoms with Crippen LogP contribution in [0.25, 0.3) is 0 Å². The zero-order valence-electron chi connectivity index (χ0n) is 21.0. The quantitative estimate of drug-likeness (QED) is 0.543. The summed E-state index contributed by atoms with van der Waals surface area (Å²) in [5.74, 6) is -2.36. The molecular formula is C23H30F2N4O5S. The average Bonchev–Trinajstić information content (AvgIpc) is 3.03. The number of nitrogens with zero attached hydrogens (tertiary/aromatic N) is 3. The summed E-state index contributed by atoms with van der Waals surface area (Å²) in [6.07, 6.45) is -1.61. The van der Waals surface area contributed by atoms with Crippen molar-refractivity contribution in [2.75, 3.05) is 12.4 Å². The van der Waals surface area contributed by atoms with Gasteiger partial charge in [-0.1, -0.05) is 17.4 Å². The predicted octanol–water partition coefficient (Wildman–Crippen LogP) is 5.50. The maximum absolute atomic E-state index is 14.4. The summed E-state index contributed by atoms with van der Waals surface area (Å²) >= 11 is 0.863. The first kappa shape index (κ1) is 28.0. The molecule has 2 rings (SSSR count). The molecule has 0 unspecified atom stereocenters. The van der Waals surface area contributed by atoms with Crippen LogP contribution in [-0.2, 0) is 16.0 Å². The van der Waals surface area contributed by atoms with Crippen LogP contribution in [0.5, 0.6) is 0 Å². The molecule has 0 aliphatic heterocycles. The number of carbonyl (C=O) groups is 3. The van der Waals surface area contributed by atoms with Crippen molar-refractivity contribution >= 4 is 34.6 Å². The molecule has 0 aliphatic rings. The number of aromatic nitrogens is 1. The van der Waals surface area contributed by atoms with E-state index in [-0.39, 0.29) is 21.3 Å². The van der Waals surface area contributed by atoms with E-state index in [1.165, 1.54) is 13.1 Å². The van der Waals surface area contributed by atoms with Gasteiger partial charge in [0.15, 0.2) is 5.13 Å². The van der Waals surface area contributed by atoms with Crippen LogP contribution in [-0.4, -0.2) is 51.3 Å². The maximum Gasteiger partial charge on any atom is 0.429 e. The second-order valence-corrected chi connectivity index (χ2v) is 10.7. The van der Waals surface area contributed by atoms with E-state index in [0.29, 0.717) is 6.07 Å². The minimum Gasteiger partial charge on any atom is -0.444 e. The Bertz CT molecular complexity index is 1110. The van der Waals surface area contributed by atoms with Crippen LogP contribution in [0.1, 0.15) is 62.5 Å². The Morgan fingerprint density at radius 2 is 1.66 bits per heavy atom. The van der Waals surface area contributed by atoms with E-state index in [1.54, 1.807) is 48.5 Å². The fraction of sp³-hybridized carbons (Fsp3) is 0.478. The molecule has 1 aromatic carbocycles. The molecule has 0 spiro atoms. The number of aryl methyl sites for hydroxylation is 1. The lowest BCUT2D eigenvalue weighted by Crippen LogP contribution is -2.48. The summed E-state index contributed by atoms with van der Waals surface area (Å²) in [5, 5.41) is 4.45. The van der Waals surface area contributed by atoms with Crippen molar-refractivity contribution in [2.45, 2.75) is 66.2 Å². The summed E-state index contributed by atoms with van der Waals surface area (Å²) in [6, 6.07) is 2.92. The van der Waals surface area contributed by atoms with Crippen molar-refractivity contribution in [3.63, 3.8) is 0 Å². The van der Waals surface area contributed by atoms with Crippen LogP contribution < -0.4 is 5.32 Å². The average molecular weight is 513 g/mol. The summed E-state index contributed by atoms with van der Waals surface area (Å²) < 4.78 is 38.3. The highest BCUT2D eigenvalue weighted by Crippen LogP contribution is 2.27. The largest absolute Gasteiger partial charge is 0.444 e. The Hall–Kier alpha value is -3.28. The van der Waals surface area contributed by atoms with Gasteiger partial charge in [0.1, 0.15) is 27.7 Å².